The first-order chi connectivity index (χ1) is 17.1. The summed E-state index contributed by atoms with van der Waals surface area (Å²) in [5, 5.41) is 4.11. The van der Waals surface area contributed by atoms with Gasteiger partial charge in [-0.25, -0.2) is 18.2 Å². The molecule has 0 aromatic carbocycles. The lowest BCUT2D eigenvalue weighted by molar-refractivity contribution is -0.119. The highest BCUT2D eigenvalue weighted by molar-refractivity contribution is 5.80. The molecule has 1 fully saturated rings. The van der Waals surface area contributed by atoms with E-state index in [0.717, 1.165) is 56.1 Å². The lowest BCUT2D eigenvalue weighted by Gasteiger charge is -2.35. The molecule has 1 aliphatic heterocycles. The van der Waals surface area contributed by atoms with Crippen molar-refractivity contribution in [3.63, 3.8) is 0 Å². The molecule has 0 spiro atoms. The number of fused-ring (bicyclic) bond motifs is 1. The summed E-state index contributed by atoms with van der Waals surface area (Å²) in [5.41, 5.74) is 1.73. The number of nitrogens with zero attached hydrogens (tertiary/aromatic N) is 4. The zero-order chi connectivity index (χ0) is 25.8. The van der Waals surface area contributed by atoms with E-state index < -0.39 is 18.2 Å². The van der Waals surface area contributed by atoms with Crippen molar-refractivity contribution in [1.82, 2.24) is 19.7 Å². The number of hydrogen-bond acceptors (Lipinski definition) is 5. The van der Waals surface area contributed by atoms with E-state index in [0.29, 0.717) is 45.1 Å². The number of alkyl halides is 3. The number of hydrogen-bond donors (Lipinski definition) is 0. The number of aryl methyl sites for hydroxylation is 1. The van der Waals surface area contributed by atoms with E-state index >= 15 is 4.39 Å². The fraction of sp³-hybridized carbons (Fsp3) is 0.667. The van der Waals surface area contributed by atoms with E-state index in [9.17, 15) is 13.6 Å². The second kappa shape index (κ2) is 11.3. The van der Waals surface area contributed by atoms with Crippen LogP contribution in [-0.2, 0) is 31.1 Å². The summed E-state index contributed by atoms with van der Waals surface area (Å²) in [6.45, 7) is 2.39. The number of carbonyl (C=O) groups excluding carboxylic acids is 1. The molecular formula is C27H37F3N4O2. The molecule has 0 amide bonds. The van der Waals surface area contributed by atoms with Crippen LogP contribution in [0.3, 0.4) is 0 Å². The Hall–Kier alpha value is -2.42. The van der Waals surface area contributed by atoms with Crippen LogP contribution in [0.4, 0.5) is 13.2 Å². The van der Waals surface area contributed by atoms with Crippen molar-refractivity contribution in [3.8, 4) is 5.88 Å². The van der Waals surface area contributed by atoms with Crippen molar-refractivity contribution in [2.75, 3.05) is 26.2 Å². The van der Waals surface area contributed by atoms with Crippen molar-refractivity contribution in [3.05, 3.63) is 41.3 Å². The second-order valence-corrected chi connectivity index (χ2v) is 10.7. The van der Waals surface area contributed by atoms with Gasteiger partial charge >= 0.3 is 0 Å². The number of ether oxygens (including phenoxy) is 1. The third-order valence-corrected chi connectivity index (χ3v) is 7.43. The van der Waals surface area contributed by atoms with Crippen LogP contribution in [-0.4, -0.2) is 63.3 Å². The number of carbonyl (C=O) groups is 1. The van der Waals surface area contributed by atoms with Crippen LogP contribution in [0.15, 0.2) is 24.5 Å². The molecule has 0 bridgehead atoms. The molecule has 0 atom stereocenters. The summed E-state index contributed by atoms with van der Waals surface area (Å²) in [4.78, 5) is 19.1. The first-order valence-corrected chi connectivity index (χ1v) is 13.0. The highest BCUT2D eigenvalue weighted by atomic mass is 19.3. The molecule has 2 aromatic heterocycles. The van der Waals surface area contributed by atoms with E-state index in [1.165, 1.54) is 0 Å². The van der Waals surface area contributed by atoms with Gasteiger partial charge in [0.05, 0.1) is 6.20 Å². The second-order valence-electron chi connectivity index (χ2n) is 10.7. The molecule has 6 nitrogen and oxygen atoms in total. The Kier molecular flexibility index (Phi) is 8.37. The summed E-state index contributed by atoms with van der Waals surface area (Å²) in [7, 11) is 1.84. The normalized spacial score (nSPS) is 23.2. The summed E-state index contributed by atoms with van der Waals surface area (Å²) in [6, 6.07) is 3.55. The van der Waals surface area contributed by atoms with Gasteiger partial charge in [-0.3, -0.25) is 9.48 Å². The lowest BCUT2D eigenvalue weighted by Crippen LogP contribution is -2.36. The van der Waals surface area contributed by atoms with Gasteiger partial charge in [0.2, 0.25) is 5.88 Å². The minimum absolute atomic E-state index is 0.203. The molecule has 9 heteroatoms. The molecule has 0 N–H and O–H groups in total. The highest BCUT2D eigenvalue weighted by Gasteiger charge is 2.36. The minimum Gasteiger partial charge on any atom is -0.471 e. The average Bonchev–Trinajstić information content (AvgIpc) is 3.11. The Balaban J connectivity index is 1.19. The van der Waals surface area contributed by atoms with Crippen LogP contribution in [0.25, 0.3) is 0 Å². The van der Waals surface area contributed by atoms with Gasteiger partial charge in [-0.2, -0.15) is 5.10 Å². The predicted octanol–water partition coefficient (Wildman–Crippen LogP) is 4.74. The maximum Gasteiger partial charge on any atom is 0.278 e. The van der Waals surface area contributed by atoms with Crippen molar-refractivity contribution < 1.29 is 22.7 Å². The largest absolute Gasteiger partial charge is 0.471 e. The monoisotopic (exact) mass is 506 g/mol. The number of pyridine rings is 1. The molecule has 36 heavy (non-hydrogen) atoms. The van der Waals surface area contributed by atoms with Gasteiger partial charge < -0.3 is 9.64 Å². The molecule has 0 saturated heterocycles. The van der Waals surface area contributed by atoms with Crippen LogP contribution < -0.4 is 4.74 Å². The van der Waals surface area contributed by atoms with Gasteiger partial charge in [0.15, 0.2) is 6.61 Å². The maximum atomic E-state index is 15.6. The maximum absolute atomic E-state index is 15.6. The van der Waals surface area contributed by atoms with Crippen molar-refractivity contribution >= 4 is 5.78 Å². The topological polar surface area (TPSA) is 60.2 Å². The number of ketones is 1. The summed E-state index contributed by atoms with van der Waals surface area (Å²) in [5.74, 6) is -2.21. The number of aromatic nitrogens is 3. The summed E-state index contributed by atoms with van der Waals surface area (Å²) >= 11 is 0. The Labute approximate surface area is 211 Å². The van der Waals surface area contributed by atoms with Gasteiger partial charge in [-0.05, 0) is 55.6 Å². The van der Waals surface area contributed by atoms with Crippen LogP contribution >= 0.6 is 0 Å². The average molecular weight is 507 g/mol. The van der Waals surface area contributed by atoms with Gasteiger partial charge in [0.1, 0.15) is 11.5 Å². The molecule has 0 unspecified atom stereocenters. The zero-order valence-electron chi connectivity index (χ0n) is 21.3. The van der Waals surface area contributed by atoms with Crippen LogP contribution in [0.5, 0.6) is 5.88 Å². The van der Waals surface area contributed by atoms with Gasteiger partial charge in [-0.1, -0.05) is 6.07 Å². The highest BCUT2D eigenvalue weighted by Crippen LogP contribution is 2.39. The van der Waals surface area contributed by atoms with Crippen LogP contribution in [0.2, 0.25) is 0 Å². The molecule has 2 aromatic rings. The van der Waals surface area contributed by atoms with E-state index in [1.807, 2.05) is 19.3 Å². The first kappa shape index (κ1) is 26.6. The van der Waals surface area contributed by atoms with E-state index in [4.69, 9.17) is 4.74 Å². The first-order valence-electron chi connectivity index (χ1n) is 13.0. The zero-order valence-corrected chi connectivity index (χ0v) is 21.3. The molecule has 2 aliphatic rings. The predicted molar refractivity (Wildman–Crippen MR) is 131 cm³/mol. The van der Waals surface area contributed by atoms with Gasteiger partial charge in [-0.15, -0.1) is 0 Å². The van der Waals surface area contributed by atoms with E-state index in [-0.39, 0.29) is 17.6 Å². The van der Waals surface area contributed by atoms with Crippen molar-refractivity contribution in [2.24, 2.45) is 13.0 Å². The summed E-state index contributed by atoms with van der Waals surface area (Å²) < 4.78 is 48.6. The van der Waals surface area contributed by atoms with E-state index in [1.54, 1.807) is 16.9 Å². The Morgan fingerprint density at radius 1 is 1.22 bits per heavy atom. The molecule has 4 rings (SSSR count). The Morgan fingerprint density at radius 3 is 2.67 bits per heavy atom. The van der Waals surface area contributed by atoms with Crippen molar-refractivity contribution in [2.45, 2.75) is 76.3 Å². The molecule has 198 valence electrons. The summed E-state index contributed by atoms with van der Waals surface area (Å²) in [6.07, 6.45) is 9.02. The van der Waals surface area contributed by atoms with Gasteiger partial charge in [0, 0.05) is 70.8 Å². The smallest absolute Gasteiger partial charge is 0.278 e. The molecule has 3 heterocycles. The third kappa shape index (κ3) is 7.79. The van der Waals surface area contributed by atoms with E-state index in [2.05, 4.69) is 15.0 Å². The number of rotatable bonds is 10. The number of halogens is 3. The van der Waals surface area contributed by atoms with Gasteiger partial charge in [0.25, 0.3) is 5.92 Å². The number of Topliss-reactive ketones (excluding diaryl/α,β-unsaturated/α-hetero) is 1. The Morgan fingerprint density at radius 2 is 1.97 bits per heavy atom. The SMILES string of the molecule is Cn1cc(CC(=O)CC2CCC(F)(CCN3CCc4ccc(OCC(C)(F)F)nc4CC3)CC2)cn1. The lowest BCUT2D eigenvalue weighted by atomic mass is 9.76. The van der Waals surface area contributed by atoms with Crippen molar-refractivity contribution in [1.29, 1.82) is 0 Å². The fourth-order valence-corrected chi connectivity index (χ4v) is 5.31. The minimum atomic E-state index is -2.90. The molecule has 0 radical (unpaired) electrons. The molecule has 1 saturated carbocycles. The van der Waals surface area contributed by atoms with Crippen LogP contribution in [0.1, 0.15) is 62.3 Å². The quantitative estimate of drug-likeness (QED) is 0.466. The Bertz CT molecular complexity index is 1030. The van der Waals surface area contributed by atoms with Crippen LogP contribution in [0, 0.1) is 5.92 Å². The third-order valence-electron chi connectivity index (χ3n) is 7.43. The molecule has 1 aliphatic carbocycles. The fourth-order valence-electron chi connectivity index (χ4n) is 5.31. The standard InChI is InChI=1S/C27H37F3N4O2/c1-26(28,29)19-36-25-4-3-22-7-12-34(13-8-24(22)32-25)14-11-27(30)9-5-20(6-10-27)15-23(35)16-21-17-31-33(2)18-21/h3-4,17-18,20H,5-16,19H2,1-2H3. The molecular weight excluding hydrogens is 469 g/mol.